The lowest BCUT2D eigenvalue weighted by molar-refractivity contribution is -0.757. The zero-order chi connectivity index (χ0) is 12.0. The van der Waals surface area contributed by atoms with Gasteiger partial charge in [-0.25, -0.2) is 4.98 Å². The van der Waals surface area contributed by atoms with Gasteiger partial charge in [0.2, 0.25) is 0 Å². The zero-order valence-electron chi connectivity index (χ0n) is 8.50. The van der Waals surface area contributed by atoms with Gasteiger partial charge in [-0.05, 0) is 6.92 Å². The van der Waals surface area contributed by atoms with E-state index in [1.165, 1.54) is 17.9 Å². The van der Waals surface area contributed by atoms with E-state index in [4.69, 9.17) is 0 Å². The molecule has 87 valence electrons. The van der Waals surface area contributed by atoms with Gasteiger partial charge in [-0.3, -0.25) is 0 Å². The van der Waals surface area contributed by atoms with Gasteiger partial charge in [-0.1, -0.05) is 0 Å². The van der Waals surface area contributed by atoms with Crippen molar-refractivity contribution in [3.63, 3.8) is 0 Å². The molecule has 0 spiro atoms. The van der Waals surface area contributed by atoms with E-state index < -0.39 is 5.09 Å². The van der Waals surface area contributed by atoms with Gasteiger partial charge in [0.15, 0.2) is 5.13 Å². The average Bonchev–Trinajstić information content (AvgIpc) is 2.56. The summed E-state index contributed by atoms with van der Waals surface area (Å²) in [5.41, 5.74) is 0.777. The minimum absolute atomic E-state index is 0.00681. The Labute approximate surface area is 95.5 Å². The lowest BCUT2D eigenvalue weighted by Gasteiger charge is -1.96. The number of rotatable bonds is 7. The van der Waals surface area contributed by atoms with Crippen LogP contribution in [0.2, 0.25) is 0 Å². The molecule has 1 rings (SSSR count). The Morgan fingerprint density at radius 1 is 1.69 bits per heavy atom. The van der Waals surface area contributed by atoms with E-state index in [0.717, 1.165) is 10.6 Å². The maximum absolute atomic E-state index is 10.1. The SMILES string of the molecule is Cc1nc(N[CH]C=O)sc1CCO[N+](=O)[O-]. The van der Waals surface area contributed by atoms with Crippen LogP contribution in [0.1, 0.15) is 10.6 Å². The van der Waals surface area contributed by atoms with Crippen molar-refractivity contribution in [2.45, 2.75) is 13.3 Å². The largest absolute Gasteiger partial charge is 0.349 e. The molecule has 0 bridgehead atoms. The van der Waals surface area contributed by atoms with Gasteiger partial charge >= 0.3 is 0 Å². The third-order valence-electron chi connectivity index (χ3n) is 1.69. The van der Waals surface area contributed by atoms with Crippen molar-refractivity contribution in [3.05, 3.63) is 27.2 Å². The summed E-state index contributed by atoms with van der Waals surface area (Å²) in [5, 5.41) is 12.4. The predicted octanol–water partition coefficient (Wildman–Crippen LogP) is 0.975. The van der Waals surface area contributed by atoms with Crippen molar-refractivity contribution < 1.29 is 14.7 Å². The number of nitrogens with one attached hydrogen (secondary N) is 1. The van der Waals surface area contributed by atoms with E-state index >= 15 is 0 Å². The minimum Gasteiger partial charge on any atom is -0.349 e. The highest BCUT2D eigenvalue weighted by molar-refractivity contribution is 7.15. The summed E-state index contributed by atoms with van der Waals surface area (Å²) in [6.45, 7) is 3.03. The van der Waals surface area contributed by atoms with Crippen LogP contribution in [0.4, 0.5) is 5.13 Å². The fourth-order valence-electron chi connectivity index (χ4n) is 1.04. The summed E-state index contributed by atoms with van der Waals surface area (Å²) >= 11 is 1.34. The van der Waals surface area contributed by atoms with Gasteiger partial charge in [0, 0.05) is 11.3 Å². The number of aldehydes is 1. The van der Waals surface area contributed by atoms with Crippen LogP contribution in [0.25, 0.3) is 0 Å². The summed E-state index contributed by atoms with van der Waals surface area (Å²) in [6, 6.07) is 0. The monoisotopic (exact) mass is 244 g/mol. The van der Waals surface area contributed by atoms with Crippen LogP contribution in [-0.4, -0.2) is 23.0 Å². The molecule has 1 heterocycles. The average molecular weight is 244 g/mol. The second-order valence-electron chi connectivity index (χ2n) is 2.78. The topological polar surface area (TPSA) is 94.4 Å². The first-order valence-corrected chi connectivity index (χ1v) is 5.22. The first kappa shape index (κ1) is 12.4. The fraction of sp³-hybridized carbons (Fsp3) is 0.375. The molecular formula is C8H10N3O4S. The zero-order valence-corrected chi connectivity index (χ0v) is 9.32. The lowest BCUT2D eigenvalue weighted by Crippen LogP contribution is -2.04. The van der Waals surface area contributed by atoms with Gasteiger partial charge in [-0.2, -0.15) is 0 Å². The highest BCUT2D eigenvalue weighted by atomic mass is 32.1. The van der Waals surface area contributed by atoms with Gasteiger partial charge in [0.25, 0.3) is 5.09 Å². The summed E-state index contributed by atoms with van der Waals surface area (Å²) in [7, 11) is 0. The number of aromatic nitrogens is 1. The van der Waals surface area contributed by atoms with Crippen LogP contribution in [0, 0.1) is 23.6 Å². The molecule has 1 N–H and O–H groups in total. The van der Waals surface area contributed by atoms with Crippen molar-refractivity contribution in [1.29, 1.82) is 0 Å². The van der Waals surface area contributed by atoms with E-state index in [1.807, 2.05) is 0 Å². The fourth-order valence-corrected chi connectivity index (χ4v) is 1.96. The highest BCUT2D eigenvalue weighted by Crippen LogP contribution is 2.22. The van der Waals surface area contributed by atoms with E-state index in [0.29, 0.717) is 17.8 Å². The molecule has 0 saturated heterocycles. The molecule has 0 aliphatic carbocycles. The van der Waals surface area contributed by atoms with Crippen molar-refractivity contribution >= 4 is 22.8 Å². The summed E-state index contributed by atoms with van der Waals surface area (Å²) < 4.78 is 0. The number of carbonyl (C=O) groups excluding carboxylic acids is 1. The molecule has 1 aromatic rings. The van der Waals surface area contributed by atoms with Crippen LogP contribution in [0.15, 0.2) is 0 Å². The van der Waals surface area contributed by atoms with Crippen molar-refractivity contribution in [2.24, 2.45) is 0 Å². The Bertz CT molecular complexity index is 379. The summed E-state index contributed by atoms with van der Waals surface area (Å²) in [4.78, 5) is 29.3. The first-order valence-electron chi connectivity index (χ1n) is 4.40. The minimum atomic E-state index is -0.824. The number of thiazole rings is 1. The normalized spacial score (nSPS) is 9.81. The van der Waals surface area contributed by atoms with Crippen molar-refractivity contribution in [2.75, 3.05) is 11.9 Å². The molecule has 1 radical (unpaired) electrons. The number of hydrogen-bond donors (Lipinski definition) is 1. The number of nitrogens with zero attached hydrogens (tertiary/aromatic N) is 2. The van der Waals surface area contributed by atoms with E-state index in [1.54, 1.807) is 6.92 Å². The molecule has 0 amide bonds. The van der Waals surface area contributed by atoms with Crippen LogP contribution < -0.4 is 5.32 Å². The summed E-state index contributed by atoms with van der Waals surface area (Å²) in [6.07, 6.45) is 1.04. The highest BCUT2D eigenvalue weighted by Gasteiger charge is 2.07. The smallest absolute Gasteiger partial charge is 0.294 e. The van der Waals surface area contributed by atoms with E-state index in [-0.39, 0.29) is 6.61 Å². The van der Waals surface area contributed by atoms with Crippen molar-refractivity contribution in [3.8, 4) is 0 Å². The first-order chi connectivity index (χ1) is 7.63. The molecule has 8 heteroatoms. The van der Waals surface area contributed by atoms with Gasteiger partial charge in [0.1, 0.15) is 19.4 Å². The number of anilines is 1. The Kier molecular flexibility index (Phi) is 4.65. The molecule has 7 nitrogen and oxygen atoms in total. The number of aryl methyl sites for hydroxylation is 1. The molecular weight excluding hydrogens is 234 g/mol. The van der Waals surface area contributed by atoms with E-state index in [9.17, 15) is 14.9 Å². The Balaban J connectivity index is 2.49. The van der Waals surface area contributed by atoms with Gasteiger partial charge in [0.05, 0.1) is 5.69 Å². The Morgan fingerprint density at radius 3 is 3.06 bits per heavy atom. The van der Waals surface area contributed by atoms with Gasteiger partial charge < -0.3 is 14.9 Å². The third kappa shape index (κ3) is 3.81. The molecule has 16 heavy (non-hydrogen) atoms. The number of hydrogen-bond acceptors (Lipinski definition) is 7. The second-order valence-corrected chi connectivity index (χ2v) is 3.87. The van der Waals surface area contributed by atoms with Crippen molar-refractivity contribution in [1.82, 2.24) is 4.98 Å². The molecule has 0 unspecified atom stereocenters. The van der Waals surface area contributed by atoms with E-state index in [2.05, 4.69) is 15.1 Å². The Morgan fingerprint density at radius 2 is 2.44 bits per heavy atom. The van der Waals surface area contributed by atoms with Crippen LogP contribution in [0.5, 0.6) is 0 Å². The third-order valence-corrected chi connectivity index (χ3v) is 2.84. The van der Waals surface area contributed by atoms with Crippen LogP contribution >= 0.6 is 11.3 Å². The molecule has 0 aliphatic heterocycles. The van der Waals surface area contributed by atoms with Crippen LogP contribution in [0.3, 0.4) is 0 Å². The standard InChI is InChI=1S/C8H10N3O4S/c1-6-7(2-5-15-11(13)14)16-8(10-6)9-3-4-12/h3-4H,2,5H2,1H3,(H,9,10). The summed E-state index contributed by atoms with van der Waals surface area (Å²) in [5.74, 6) is 0. The second kappa shape index (κ2) is 6.01. The quantitative estimate of drug-likeness (QED) is 0.436. The predicted molar refractivity (Wildman–Crippen MR) is 57.5 cm³/mol. The van der Waals surface area contributed by atoms with Crippen LogP contribution in [-0.2, 0) is 16.1 Å². The molecule has 0 saturated carbocycles. The Hall–Kier alpha value is -1.70. The maximum atomic E-state index is 10.1. The van der Waals surface area contributed by atoms with Gasteiger partial charge in [-0.15, -0.1) is 21.5 Å². The molecule has 1 aromatic heterocycles. The molecule has 0 aromatic carbocycles. The molecule has 0 aliphatic rings. The molecule has 0 fully saturated rings. The lowest BCUT2D eigenvalue weighted by atomic mass is 10.3. The number of carbonyl (C=O) groups is 1. The maximum Gasteiger partial charge on any atom is 0.294 e. The molecule has 0 atom stereocenters.